The van der Waals surface area contributed by atoms with Crippen LogP contribution in [0.5, 0.6) is 0 Å². The zero-order valence-electron chi connectivity index (χ0n) is 12.9. The normalized spacial score (nSPS) is 11.0. The molecule has 0 spiro atoms. The van der Waals surface area contributed by atoms with Crippen LogP contribution in [-0.4, -0.2) is 32.8 Å². The number of fused-ring (bicyclic) bond motifs is 1. The fourth-order valence-corrected chi connectivity index (χ4v) is 2.49. The summed E-state index contributed by atoms with van der Waals surface area (Å²) in [4.78, 5) is 4.58. The maximum atomic E-state index is 5.52. The summed E-state index contributed by atoms with van der Waals surface area (Å²) in [5, 5.41) is 11.6. The van der Waals surface area contributed by atoms with E-state index in [1.807, 2.05) is 48.7 Å². The van der Waals surface area contributed by atoms with Gasteiger partial charge in [0.15, 0.2) is 11.4 Å². The van der Waals surface area contributed by atoms with Crippen molar-refractivity contribution in [2.75, 3.05) is 18.4 Å². The number of hydrogen-bond donors (Lipinski definition) is 2. The predicted octanol–water partition coefficient (Wildman–Crippen LogP) is 2.42. The van der Waals surface area contributed by atoms with E-state index in [0.29, 0.717) is 24.5 Å². The van der Waals surface area contributed by atoms with E-state index in [9.17, 15) is 0 Å². The lowest BCUT2D eigenvalue weighted by atomic mass is 10.1. The monoisotopic (exact) mass is 320 g/mol. The van der Waals surface area contributed by atoms with Crippen LogP contribution in [0.1, 0.15) is 0 Å². The molecule has 0 unspecified atom stereocenters. The molecule has 3 aromatic heterocycles. The van der Waals surface area contributed by atoms with Gasteiger partial charge >= 0.3 is 0 Å². The maximum Gasteiger partial charge on any atom is 0.172 e. The van der Waals surface area contributed by atoms with Crippen molar-refractivity contribution in [2.45, 2.75) is 0 Å². The number of nitrogens with one attached hydrogen (secondary N) is 1. The number of benzene rings is 1. The first-order valence-corrected chi connectivity index (χ1v) is 7.66. The summed E-state index contributed by atoms with van der Waals surface area (Å²) in [5.41, 5.74) is 8.79. The van der Waals surface area contributed by atoms with Gasteiger partial charge in [-0.15, -0.1) is 0 Å². The third-order valence-corrected chi connectivity index (χ3v) is 3.66. The highest BCUT2D eigenvalue weighted by molar-refractivity contribution is 5.76. The molecule has 0 saturated carbocycles. The average molecular weight is 320 g/mol. The highest BCUT2D eigenvalue weighted by Crippen LogP contribution is 2.28. The van der Waals surface area contributed by atoms with Crippen molar-refractivity contribution in [1.29, 1.82) is 0 Å². The van der Waals surface area contributed by atoms with Gasteiger partial charge in [0.05, 0.1) is 11.8 Å². The Hall–Kier alpha value is -3.19. The predicted molar refractivity (Wildman–Crippen MR) is 91.5 cm³/mol. The molecule has 0 aliphatic rings. The SMILES string of the molecule is NCCNc1ccn2ncc(-c3cc(-c4ccccc4)no3)c2n1. The fraction of sp³-hybridized carbons (Fsp3) is 0.118. The molecule has 4 aromatic rings. The van der Waals surface area contributed by atoms with Gasteiger partial charge in [0.25, 0.3) is 0 Å². The zero-order valence-corrected chi connectivity index (χ0v) is 12.9. The number of rotatable bonds is 5. The molecule has 3 N–H and O–H groups in total. The molecule has 0 amide bonds. The van der Waals surface area contributed by atoms with Crippen molar-refractivity contribution in [1.82, 2.24) is 19.8 Å². The van der Waals surface area contributed by atoms with Crippen molar-refractivity contribution < 1.29 is 4.52 Å². The molecule has 7 nitrogen and oxygen atoms in total. The van der Waals surface area contributed by atoms with Crippen LogP contribution in [0.2, 0.25) is 0 Å². The van der Waals surface area contributed by atoms with E-state index in [-0.39, 0.29) is 0 Å². The van der Waals surface area contributed by atoms with Gasteiger partial charge in [-0.2, -0.15) is 5.10 Å². The summed E-state index contributed by atoms with van der Waals surface area (Å²) in [6.45, 7) is 1.20. The first kappa shape index (κ1) is 14.4. The second-order valence-electron chi connectivity index (χ2n) is 5.30. The van der Waals surface area contributed by atoms with E-state index in [2.05, 4.69) is 20.6 Å². The van der Waals surface area contributed by atoms with E-state index < -0.39 is 0 Å². The number of anilines is 1. The second kappa shape index (κ2) is 6.13. The minimum absolute atomic E-state index is 0.543. The first-order chi connectivity index (χ1) is 11.8. The van der Waals surface area contributed by atoms with Crippen molar-refractivity contribution in [2.24, 2.45) is 5.73 Å². The number of hydrogen-bond acceptors (Lipinski definition) is 6. The first-order valence-electron chi connectivity index (χ1n) is 7.66. The minimum atomic E-state index is 0.543. The van der Waals surface area contributed by atoms with Gasteiger partial charge in [-0.25, -0.2) is 9.50 Å². The lowest BCUT2D eigenvalue weighted by Crippen LogP contribution is -2.14. The highest BCUT2D eigenvalue weighted by atomic mass is 16.5. The third-order valence-electron chi connectivity index (χ3n) is 3.66. The summed E-state index contributed by atoms with van der Waals surface area (Å²) in [7, 11) is 0. The van der Waals surface area contributed by atoms with Gasteiger partial charge in [0, 0.05) is 30.9 Å². The lowest BCUT2D eigenvalue weighted by molar-refractivity contribution is 0.435. The van der Waals surface area contributed by atoms with Crippen molar-refractivity contribution in [3.63, 3.8) is 0 Å². The van der Waals surface area contributed by atoms with E-state index in [1.54, 1.807) is 10.7 Å². The smallest absolute Gasteiger partial charge is 0.172 e. The van der Waals surface area contributed by atoms with Crippen LogP contribution in [-0.2, 0) is 0 Å². The van der Waals surface area contributed by atoms with Crippen LogP contribution in [0.25, 0.3) is 28.2 Å². The summed E-state index contributed by atoms with van der Waals surface area (Å²) >= 11 is 0. The van der Waals surface area contributed by atoms with Crippen molar-refractivity contribution in [3.05, 3.63) is 54.9 Å². The molecule has 1 aromatic carbocycles. The van der Waals surface area contributed by atoms with Crippen molar-refractivity contribution >= 4 is 11.5 Å². The van der Waals surface area contributed by atoms with E-state index in [4.69, 9.17) is 10.3 Å². The number of nitrogens with two attached hydrogens (primary N) is 1. The van der Waals surface area contributed by atoms with Crippen LogP contribution in [0.4, 0.5) is 5.82 Å². The summed E-state index contributed by atoms with van der Waals surface area (Å²) in [6, 6.07) is 13.6. The highest BCUT2D eigenvalue weighted by Gasteiger charge is 2.14. The topological polar surface area (TPSA) is 94.3 Å². The van der Waals surface area contributed by atoms with Crippen LogP contribution in [0.15, 0.2) is 59.4 Å². The molecular formula is C17H16N6O. The third kappa shape index (κ3) is 2.61. The Kier molecular flexibility index (Phi) is 3.68. The molecule has 4 rings (SSSR count). The molecule has 120 valence electrons. The number of aromatic nitrogens is 4. The standard InChI is InChI=1S/C17H16N6O/c18-7-8-19-16-6-9-23-17(21-16)13(11-20-23)15-10-14(22-24-15)12-4-2-1-3-5-12/h1-6,9-11H,7-8,18H2,(H,19,21). The number of nitrogens with zero attached hydrogens (tertiary/aromatic N) is 4. The van der Waals surface area contributed by atoms with Crippen LogP contribution >= 0.6 is 0 Å². The molecule has 0 aliphatic carbocycles. The second-order valence-corrected chi connectivity index (χ2v) is 5.30. The van der Waals surface area contributed by atoms with Crippen LogP contribution < -0.4 is 11.1 Å². The molecule has 3 heterocycles. The molecule has 0 saturated heterocycles. The van der Waals surface area contributed by atoms with E-state index in [1.165, 1.54) is 0 Å². The fourth-order valence-electron chi connectivity index (χ4n) is 2.49. The largest absolute Gasteiger partial charge is 0.369 e. The average Bonchev–Trinajstić information content (AvgIpc) is 3.27. The molecule has 0 fully saturated rings. The molecular weight excluding hydrogens is 304 g/mol. The van der Waals surface area contributed by atoms with Gasteiger partial charge in [-0.3, -0.25) is 0 Å². The lowest BCUT2D eigenvalue weighted by Gasteiger charge is -2.03. The van der Waals surface area contributed by atoms with Gasteiger partial charge in [0.1, 0.15) is 11.5 Å². The summed E-state index contributed by atoms with van der Waals surface area (Å²) in [6.07, 6.45) is 3.57. The van der Waals surface area contributed by atoms with Gasteiger partial charge in [-0.05, 0) is 6.07 Å². The Morgan fingerprint density at radius 1 is 1.17 bits per heavy atom. The zero-order chi connectivity index (χ0) is 16.4. The Balaban J connectivity index is 1.72. The molecule has 24 heavy (non-hydrogen) atoms. The molecule has 0 bridgehead atoms. The van der Waals surface area contributed by atoms with E-state index in [0.717, 1.165) is 22.6 Å². The maximum absolute atomic E-state index is 5.52. The van der Waals surface area contributed by atoms with Crippen LogP contribution in [0, 0.1) is 0 Å². The Morgan fingerprint density at radius 3 is 2.88 bits per heavy atom. The minimum Gasteiger partial charge on any atom is -0.369 e. The summed E-state index contributed by atoms with van der Waals surface area (Å²) < 4.78 is 7.21. The molecule has 0 aliphatic heterocycles. The Bertz CT molecular complexity index is 960. The van der Waals surface area contributed by atoms with Gasteiger partial charge in [0.2, 0.25) is 0 Å². The van der Waals surface area contributed by atoms with Gasteiger partial charge < -0.3 is 15.6 Å². The quantitative estimate of drug-likeness (QED) is 0.586. The van der Waals surface area contributed by atoms with Crippen LogP contribution in [0.3, 0.4) is 0 Å². The Morgan fingerprint density at radius 2 is 2.04 bits per heavy atom. The van der Waals surface area contributed by atoms with Crippen molar-refractivity contribution in [3.8, 4) is 22.6 Å². The molecule has 7 heteroatoms. The Labute approximate surface area is 138 Å². The molecule has 0 radical (unpaired) electrons. The van der Waals surface area contributed by atoms with Gasteiger partial charge in [-0.1, -0.05) is 35.5 Å². The van der Waals surface area contributed by atoms with E-state index >= 15 is 0 Å². The summed E-state index contributed by atoms with van der Waals surface area (Å²) in [5.74, 6) is 1.38. The molecule has 0 atom stereocenters.